The number of likely N-dealkylation sites (N-methyl/N-ethyl adjacent to an activating group) is 1. The minimum absolute atomic E-state index is 0.145. The van der Waals surface area contributed by atoms with Gasteiger partial charge in [0.25, 0.3) is 0 Å². The van der Waals surface area contributed by atoms with Gasteiger partial charge in [0, 0.05) is 7.05 Å². The van der Waals surface area contributed by atoms with E-state index in [0.29, 0.717) is 5.84 Å². The van der Waals surface area contributed by atoms with E-state index in [9.17, 15) is 4.79 Å². The highest BCUT2D eigenvalue weighted by molar-refractivity contribution is 5.81. The Morgan fingerprint density at radius 3 is 2.50 bits per heavy atom. The fourth-order valence-electron chi connectivity index (χ4n) is 0.377. The van der Waals surface area contributed by atoms with E-state index < -0.39 is 0 Å². The summed E-state index contributed by atoms with van der Waals surface area (Å²) in [6.07, 6.45) is 0. The van der Waals surface area contributed by atoms with Crippen LogP contribution in [0.4, 0.5) is 0 Å². The lowest BCUT2D eigenvalue weighted by Crippen LogP contribution is -2.30. The molecular formula is C6H12N2O2. The topological polar surface area (TPSA) is 53.4 Å². The molecule has 0 aliphatic rings. The molecule has 0 aromatic heterocycles. The zero-order valence-electron chi connectivity index (χ0n) is 6.47. The summed E-state index contributed by atoms with van der Waals surface area (Å²) in [6.45, 7) is 1.76. The summed E-state index contributed by atoms with van der Waals surface area (Å²) in [5.41, 5.74) is 0. The first-order valence-corrected chi connectivity index (χ1v) is 2.91. The monoisotopic (exact) mass is 144 g/mol. The number of hydrogen-bond acceptors (Lipinski definition) is 3. The fraction of sp³-hybridized carbons (Fsp3) is 0.667. The molecule has 58 valence electrons. The van der Waals surface area contributed by atoms with Gasteiger partial charge in [0.2, 0.25) is 0 Å². The van der Waals surface area contributed by atoms with Crippen molar-refractivity contribution >= 4 is 11.8 Å². The number of carbonyl (C=O) groups is 1. The summed E-state index contributed by atoms with van der Waals surface area (Å²) in [4.78, 5) is 12.1. The first kappa shape index (κ1) is 8.94. The SMILES string of the molecule is COC(=O)CN(C)C(C)=N. The molecule has 10 heavy (non-hydrogen) atoms. The van der Waals surface area contributed by atoms with Crippen LogP contribution in [0.2, 0.25) is 0 Å². The molecule has 1 N–H and O–H groups in total. The smallest absolute Gasteiger partial charge is 0.325 e. The van der Waals surface area contributed by atoms with Crippen molar-refractivity contribution in [3.63, 3.8) is 0 Å². The van der Waals surface area contributed by atoms with Crippen LogP contribution >= 0.6 is 0 Å². The van der Waals surface area contributed by atoms with Crippen LogP contribution < -0.4 is 0 Å². The van der Waals surface area contributed by atoms with Crippen molar-refractivity contribution in [2.75, 3.05) is 20.7 Å². The lowest BCUT2D eigenvalue weighted by atomic mass is 10.5. The third-order valence-corrected chi connectivity index (χ3v) is 1.17. The summed E-state index contributed by atoms with van der Waals surface area (Å²) in [5.74, 6) is 0.0273. The van der Waals surface area contributed by atoms with Crippen LogP contribution in [0.15, 0.2) is 0 Å². The summed E-state index contributed by atoms with van der Waals surface area (Å²) < 4.78 is 4.39. The molecule has 0 atom stereocenters. The molecule has 0 amide bonds. The number of amidine groups is 1. The molecule has 0 saturated heterocycles. The second-order valence-electron chi connectivity index (χ2n) is 2.02. The van der Waals surface area contributed by atoms with Gasteiger partial charge in [-0.05, 0) is 6.92 Å². The Bertz CT molecular complexity index is 145. The van der Waals surface area contributed by atoms with E-state index in [4.69, 9.17) is 5.41 Å². The van der Waals surface area contributed by atoms with Crippen molar-refractivity contribution in [3.05, 3.63) is 0 Å². The predicted octanol–water partition coefficient (Wildman–Crippen LogP) is 0.0884. The van der Waals surface area contributed by atoms with Crippen molar-refractivity contribution in [3.8, 4) is 0 Å². The Kier molecular flexibility index (Phi) is 3.46. The Labute approximate surface area is 60.3 Å². The highest BCUT2D eigenvalue weighted by atomic mass is 16.5. The maximum absolute atomic E-state index is 10.6. The van der Waals surface area contributed by atoms with E-state index in [2.05, 4.69) is 4.74 Å². The largest absolute Gasteiger partial charge is 0.468 e. The summed E-state index contributed by atoms with van der Waals surface area (Å²) in [7, 11) is 2.99. The minimum Gasteiger partial charge on any atom is -0.468 e. The van der Waals surface area contributed by atoms with Crippen LogP contribution in [0.1, 0.15) is 6.92 Å². The van der Waals surface area contributed by atoms with E-state index in [1.165, 1.54) is 12.0 Å². The van der Waals surface area contributed by atoms with Crippen molar-refractivity contribution in [2.45, 2.75) is 6.92 Å². The number of rotatable bonds is 2. The van der Waals surface area contributed by atoms with Gasteiger partial charge >= 0.3 is 5.97 Å². The molecule has 0 aliphatic carbocycles. The number of methoxy groups -OCH3 is 1. The van der Waals surface area contributed by atoms with E-state index >= 15 is 0 Å². The molecule has 0 fully saturated rings. The molecule has 4 nitrogen and oxygen atoms in total. The Morgan fingerprint density at radius 2 is 2.20 bits per heavy atom. The van der Waals surface area contributed by atoms with Crippen molar-refractivity contribution in [1.29, 1.82) is 5.41 Å². The fourth-order valence-corrected chi connectivity index (χ4v) is 0.377. The molecular weight excluding hydrogens is 132 g/mol. The van der Waals surface area contributed by atoms with Crippen LogP contribution in [-0.4, -0.2) is 37.4 Å². The number of ether oxygens (including phenoxy) is 1. The van der Waals surface area contributed by atoms with Gasteiger partial charge in [0.1, 0.15) is 6.54 Å². The Hall–Kier alpha value is -1.06. The van der Waals surface area contributed by atoms with Gasteiger partial charge in [-0.15, -0.1) is 0 Å². The van der Waals surface area contributed by atoms with Gasteiger partial charge in [-0.25, -0.2) is 0 Å². The van der Waals surface area contributed by atoms with Crippen molar-refractivity contribution < 1.29 is 9.53 Å². The average Bonchev–Trinajstić information content (AvgIpc) is 1.87. The van der Waals surface area contributed by atoms with E-state index in [1.807, 2.05) is 0 Å². The van der Waals surface area contributed by atoms with Gasteiger partial charge in [0.15, 0.2) is 0 Å². The summed E-state index contributed by atoms with van der Waals surface area (Å²) in [6, 6.07) is 0. The van der Waals surface area contributed by atoms with Gasteiger partial charge in [-0.1, -0.05) is 0 Å². The molecule has 0 aliphatic heterocycles. The van der Waals surface area contributed by atoms with E-state index in [0.717, 1.165) is 0 Å². The lowest BCUT2D eigenvalue weighted by molar-refractivity contribution is -0.140. The second kappa shape index (κ2) is 3.87. The molecule has 0 heterocycles. The molecule has 4 heteroatoms. The quantitative estimate of drug-likeness (QED) is 0.339. The Balaban J connectivity index is 3.68. The molecule has 0 aromatic rings. The molecule has 0 rings (SSSR count). The molecule has 0 radical (unpaired) electrons. The molecule has 0 aromatic carbocycles. The van der Waals surface area contributed by atoms with Crippen molar-refractivity contribution in [2.24, 2.45) is 0 Å². The number of esters is 1. The normalized spacial score (nSPS) is 8.70. The first-order chi connectivity index (χ1) is 4.57. The summed E-state index contributed by atoms with van der Waals surface area (Å²) in [5, 5.41) is 7.09. The van der Waals surface area contributed by atoms with Crippen LogP contribution in [0, 0.1) is 5.41 Å². The van der Waals surface area contributed by atoms with Crippen LogP contribution in [0.25, 0.3) is 0 Å². The first-order valence-electron chi connectivity index (χ1n) is 2.91. The third-order valence-electron chi connectivity index (χ3n) is 1.17. The molecule has 0 unspecified atom stereocenters. The number of nitrogens with zero attached hydrogens (tertiary/aromatic N) is 1. The molecule has 0 bridgehead atoms. The number of hydrogen-bond donors (Lipinski definition) is 1. The maximum atomic E-state index is 10.6. The van der Waals surface area contributed by atoms with E-state index in [1.54, 1.807) is 14.0 Å². The van der Waals surface area contributed by atoms with Crippen LogP contribution in [0.5, 0.6) is 0 Å². The standard InChI is InChI=1S/C6H12N2O2/c1-5(7)8(2)4-6(9)10-3/h7H,4H2,1-3H3. The van der Waals surface area contributed by atoms with Crippen LogP contribution in [-0.2, 0) is 9.53 Å². The van der Waals surface area contributed by atoms with Gasteiger partial charge < -0.3 is 9.64 Å². The highest BCUT2D eigenvalue weighted by Crippen LogP contribution is 1.84. The zero-order valence-corrected chi connectivity index (χ0v) is 6.47. The average molecular weight is 144 g/mol. The van der Waals surface area contributed by atoms with Crippen LogP contribution in [0.3, 0.4) is 0 Å². The van der Waals surface area contributed by atoms with Gasteiger partial charge in [0.05, 0.1) is 12.9 Å². The van der Waals surface area contributed by atoms with Gasteiger partial charge in [-0.2, -0.15) is 0 Å². The molecule has 0 spiro atoms. The van der Waals surface area contributed by atoms with Crippen molar-refractivity contribution in [1.82, 2.24) is 4.90 Å². The Morgan fingerprint density at radius 1 is 1.70 bits per heavy atom. The number of carbonyl (C=O) groups excluding carboxylic acids is 1. The van der Waals surface area contributed by atoms with E-state index in [-0.39, 0.29) is 12.5 Å². The molecule has 0 saturated carbocycles. The predicted molar refractivity (Wildman–Crippen MR) is 38.0 cm³/mol. The van der Waals surface area contributed by atoms with Gasteiger partial charge in [-0.3, -0.25) is 10.2 Å². The second-order valence-corrected chi connectivity index (χ2v) is 2.02. The highest BCUT2D eigenvalue weighted by Gasteiger charge is 2.04. The third kappa shape index (κ3) is 3.06. The summed E-state index contributed by atoms with van der Waals surface area (Å²) >= 11 is 0. The maximum Gasteiger partial charge on any atom is 0.325 e. The zero-order chi connectivity index (χ0) is 8.15. The minimum atomic E-state index is -0.325. The number of nitrogens with one attached hydrogen (secondary N) is 1. The lowest BCUT2D eigenvalue weighted by Gasteiger charge is -2.14.